The minimum absolute atomic E-state index is 0.371. The zero-order valence-electron chi connectivity index (χ0n) is 11.6. The fraction of sp³-hybridized carbons (Fsp3) is 0.133. The quantitative estimate of drug-likeness (QED) is 0.681. The molecule has 3 aromatic heterocycles. The van der Waals surface area contributed by atoms with E-state index in [4.69, 9.17) is 5.73 Å². The molecule has 0 saturated carbocycles. The summed E-state index contributed by atoms with van der Waals surface area (Å²) in [7, 11) is 0. The van der Waals surface area contributed by atoms with Gasteiger partial charge in [-0.15, -0.1) is 0 Å². The van der Waals surface area contributed by atoms with E-state index in [1.54, 1.807) is 12.4 Å². The molecule has 0 atom stereocenters. The van der Waals surface area contributed by atoms with Crippen molar-refractivity contribution in [3.05, 3.63) is 53.6 Å². The Morgan fingerprint density at radius 3 is 3.00 bits per heavy atom. The summed E-state index contributed by atoms with van der Waals surface area (Å²) in [5, 5.41) is 4.09. The normalized spacial score (nSPS) is 10.7. The Hall–Kier alpha value is -2.89. The molecule has 0 aromatic carbocycles. The van der Waals surface area contributed by atoms with E-state index in [0.29, 0.717) is 23.4 Å². The lowest BCUT2D eigenvalue weighted by molar-refractivity contribution is 0.100. The highest BCUT2D eigenvalue weighted by atomic mass is 16.1. The van der Waals surface area contributed by atoms with Crippen LogP contribution in [0.4, 0.5) is 5.69 Å². The predicted octanol–water partition coefficient (Wildman–Crippen LogP) is 1.98. The minimum atomic E-state index is -0.508. The molecule has 21 heavy (non-hydrogen) atoms. The van der Waals surface area contributed by atoms with E-state index in [2.05, 4.69) is 20.3 Å². The molecule has 0 radical (unpaired) electrons. The predicted molar refractivity (Wildman–Crippen MR) is 80.9 cm³/mol. The van der Waals surface area contributed by atoms with Gasteiger partial charge in [-0.05, 0) is 24.6 Å². The van der Waals surface area contributed by atoms with Gasteiger partial charge in [0, 0.05) is 24.0 Å². The Bertz CT molecular complexity index is 809. The van der Waals surface area contributed by atoms with E-state index in [9.17, 15) is 4.79 Å². The van der Waals surface area contributed by atoms with Gasteiger partial charge >= 0.3 is 0 Å². The summed E-state index contributed by atoms with van der Waals surface area (Å²) in [5.41, 5.74) is 9.20. The molecule has 0 fully saturated rings. The van der Waals surface area contributed by atoms with E-state index in [1.807, 2.05) is 25.1 Å². The van der Waals surface area contributed by atoms with Crippen LogP contribution in [0, 0.1) is 6.92 Å². The summed E-state index contributed by atoms with van der Waals surface area (Å²) in [6, 6.07) is 5.75. The van der Waals surface area contributed by atoms with Crippen molar-refractivity contribution in [1.82, 2.24) is 15.0 Å². The van der Waals surface area contributed by atoms with Gasteiger partial charge in [0.15, 0.2) is 0 Å². The molecule has 106 valence electrons. The number of H-pyrrole nitrogens is 1. The average Bonchev–Trinajstić information content (AvgIpc) is 2.94. The average molecular weight is 281 g/mol. The molecule has 3 aromatic rings. The summed E-state index contributed by atoms with van der Waals surface area (Å²) in [6.45, 7) is 2.51. The third-order valence-corrected chi connectivity index (χ3v) is 3.40. The lowest BCUT2D eigenvalue weighted by atomic mass is 10.1. The first-order chi connectivity index (χ1) is 10.2. The van der Waals surface area contributed by atoms with Gasteiger partial charge in [-0.2, -0.15) is 0 Å². The summed E-state index contributed by atoms with van der Waals surface area (Å²) < 4.78 is 0. The maximum atomic E-state index is 11.6. The molecule has 6 heteroatoms. The van der Waals surface area contributed by atoms with Crippen LogP contribution in [0.1, 0.15) is 21.6 Å². The minimum Gasteiger partial charge on any atom is -0.378 e. The van der Waals surface area contributed by atoms with E-state index in [-0.39, 0.29) is 0 Å². The molecule has 0 aliphatic rings. The first kappa shape index (κ1) is 13.1. The van der Waals surface area contributed by atoms with Crippen molar-refractivity contribution in [1.29, 1.82) is 0 Å². The van der Waals surface area contributed by atoms with Crippen LogP contribution >= 0.6 is 0 Å². The van der Waals surface area contributed by atoms with Gasteiger partial charge in [0.1, 0.15) is 5.65 Å². The monoisotopic (exact) mass is 281 g/mol. The number of hydrogen-bond acceptors (Lipinski definition) is 4. The largest absolute Gasteiger partial charge is 0.378 e. The molecule has 6 nitrogen and oxygen atoms in total. The zero-order valence-corrected chi connectivity index (χ0v) is 11.6. The molecule has 0 aliphatic heterocycles. The SMILES string of the molecule is Cc1cccnc1CNc1c(C(N)=O)cnc2[nH]ccc12. The Balaban J connectivity index is 1.99. The topological polar surface area (TPSA) is 96.7 Å². The van der Waals surface area contributed by atoms with Crippen molar-refractivity contribution in [2.24, 2.45) is 5.73 Å². The highest BCUT2D eigenvalue weighted by molar-refractivity contribution is 6.05. The summed E-state index contributed by atoms with van der Waals surface area (Å²) in [4.78, 5) is 23.1. The molecule has 0 bridgehead atoms. The van der Waals surface area contributed by atoms with Crippen LogP contribution in [0.2, 0.25) is 0 Å². The van der Waals surface area contributed by atoms with Crippen LogP contribution in [0.3, 0.4) is 0 Å². The zero-order chi connectivity index (χ0) is 14.8. The number of carbonyl (C=O) groups excluding carboxylic acids is 1. The molecule has 0 saturated heterocycles. The number of rotatable bonds is 4. The second-order valence-electron chi connectivity index (χ2n) is 4.77. The number of amides is 1. The van der Waals surface area contributed by atoms with Gasteiger partial charge in [0.05, 0.1) is 23.5 Å². The number of nitrogens with zero attached hydrogens (tertiary/aromatic N) is 2. The van der Waals surface area contributed by atoms with Crippen molar-refractivity contribution in [2.75, 3.05) is 5.32 Å². The number of hydrogen-bond donors (Lipinski definition) is 3. The molecule has 0 spiro atoms. The van der Waals surface area contributed by atoms with E-state index in [0.717, 1.165) is 16.6 Å². The maximum absolute atomic E-state index is 11.6. The number of nitrogens with one attached hydrogen (secondary N) is 2. The van der Waals surface area contributed by atoms with Gasteiger partial charge in [-0.3, -0.25) is 9.78 Å². The number of carbonyl (C=O) groups is 1. The van der Waals surface area contributed by atoms with Crippen molar-refractivity contribution in [3.8, 4) is 0 Å². The smallest absolute Gasteiger partial charge is 0.252 e. The summed E-state index contributed by atoms with van der Waals surface area (Å²) in [6.07, 6.45) is 5.01. The first-order valence-corrected chi connectivity index (χ1v) is 6.57. The molecule has 0 unspecified atom stereocenters. The van der Waals surface area contributed by atoms with Crippen LogP contribution < -0.4 is 11.1 Å². The lowest BCUT2D eigenvalue weighted by Crippen LogP contribution is -2.15. The van der Waals surface area contributed by atoms with E-state index in [1.165, 1.54) is 6.20 Å². The summed E-state index contributed by atoms with van der Waals surface area (Å²) >= 11 is 0. The van der Waals surface area contributed by atoms with Crippen molar-refractivity contribution in [2.45, 2.75) is 13.5 Å². The Labute approximate surface area is 121 Å². The van der Waals surface area contributed by atoms with Gasteiger partial charge in [0.25, 0.3) is 5.91 Å². The van der Waals surface area contributed by atoms with Gasteiger partial charge in [-0.25, -0.2) is 4.98 Å². The van der Waals surface area contributed by atoms with Crippen LogP contribution in [-0.2, 0) is 6.54 Å². The number of pyridine rings is 2. The molecule has 1 amide bonds. The number of anilines is 1. The second kappa shape index (κ2) is 5.24. The molecular formula is C15H15N5O. The van der Waals surface area contributed by atoms with Crippen LogP contribution in [0.25, 0.3) is 11.0 Å². The highest BCUT2D eigenvalue weighted by Crippen LogP contribution is 2.25. The summed E-state index contributed by atoms with van der Waals surface area (Å²) in [5.74, 6) is -0.508. The standard InChI is InChI=1S/C15H15N5O/c1-9-3-2-5-17-12(9)8-19-13-10-4-6-18-15(10)20-7-11(13)14(16)21/h2-7H,8H2,1H3,(H2,16,21)(H2,18,19,20). The third-order valence-electron chi connectivity index (χ3n) is 3.40. The van der Waals surface area contributed by atoms with Gasteiger partial charge < -0.3 is 16.0 Å². The number of nitrogens with two attached hydrogens (primary N) is 1. The molecule has 3 rings (SSSR count). The van der Waals surface area contributed by atoms with E-state index < -0.39 is 5.91 Å². The Kier molecular flexibility index (Phi) is 3.27. The fourth-order valence-corrected chi connectivity index (χ4v) is 2.26. The Morgan fingerprint density at radius 1 is 1.38 bits per heavy atom. The van der Waals surface area contributed by atoms with Crippen molar-refractivity contribution in [3.63, 3.8) is 0 Å². The van der Waals surface area contributed by atoms with Crippen molar-refractivity contribution < 1.29 is 4.79 Å². The van der Waals surface area contributed by atoms with Gasteiger partial charge in [-0.1, -0.05) is 6.07 Å². The molecular weight excluding hydrogens is 266 g/mol. The first-order valence-electron chi connectivity index (χ1n) is 6.57. The Morgan fingerprint density at radius 2 is 2.24 bits per heavy atom. The second-order valence-corrected chi connectivity index (χ2v) is 4.77. The number of aromatic nitrogens is 3. The lowest BCUT2D eigenvalue weighted by Gasteiger charge is -2.12. The number of fused-ring (bicyclic) bond motifs is 1. The van der Waals surface area contributed by atoms with Gasteiger partial charge in [0.2, 0.25) is 0 Å². The molecule has 4 N–H and O–H groups in total. The maximum Gasteiger partial charge on any atom is 0.252 e. The number of aromatic amines is 1. The fourth-order valence-electron chi connectivity index (χ4n) is 2.26. The number of primary amides is 1. The van der Waals surface area contributed by atoms with Crippen LogP contribution in [0.15, 0.2) is 36.8 Å². The molecule has 3 heterocycles. The van der Waals surface area contributed by atoms with Crippen LogP contribution in [0.5, 0.6) is 0 Å². The highest BCUT2D eigenvalue weighted by Gasteiger charge is 2.14. The molecule has 0 aliphatic carbocycles. The third kappa shape index (κ3) is 2.43. The van der Waals surface area contributed by atoms with Crippen molar-refractivity contribution >= 4 is 22.6 Å². The van der Waals surface area contributed by atoms with Crippen LogP contribution in [-0.4, -0.2) is 20.9 Å². The number of aryl methyl sites for hydroxylation is 1. The van der Waals surface area contributed by atoms with E-state index >= 15 is 0 Å².